The number of nitrogens with zero attached hydrogens (tertiary/aromatic N) is 1. The smallest absolute Gasteiger partial charge is 0.113 e. The molecule has 9 aliphatic rings. The molecule has 5 heteroatoms. The van der Waals surface area contributed by atoms with E-state index in [0.29, 0.717) is 24.7 Å². The fourth-order valence-electron chi connectivity index (χ4n) is 10.4. The number of aliphatic hydroxyl groups is 4. The highest BCUT2D eigenvalue weighted by molar-refractivity contribution is 5.47. The van der Waals surface area contributed by atoms with Gasteiger partial charge in [-0.05, 0) is 49.9 Å². The number of allylic oxidation sites excluding steroid dienone is 1. The van der Waals surface area contributed by atoms with Crippen molar-refractivity contribution in [3.05, 3.63) is 12.2 Å². The van der Waals surface area contributed by atoms with Crippen molar-refractivity contribution in [2.24, 2.45) is 34.0 Å². The van der Waals surface area contributed by atoms with Gasteiger partial charge in [-0.3, -0.25) is 4.90 Å². The van der Waals surface area contributed by atoms with Gasteiger partial charge < -0.3 is 20.4 Å². The molecule has 9 fully saturated rings. The van der Waals surface area contributed by atoms with Gasteiger partial charge in [-0.15, -0.1) is 0 Å². The van der Waals surface area contributed by atoms with Crippen LogP contribution in [0.5, 0.6) is 0 Å². The Kier molecular flexibility index (Phi) is 2.04. The Morgan fingerprint density at radius 3 is 2.68 bits per heavy atom. The summed E-state index contributed by atoms with van der Waals surface area (Å²) in [5.74, 6) is 0.706. The van der Waals surface area contributed by atoms with E-state index in [9.17, 15) is 20.4 Å². The second-order valence-electron chi connectivity index (χ2n) is 10.8. The highest BCUT2D eigenvalue weighted by Crippen LogP contribution is 2.88. The van der Waals surface area contributed by atoms with Gasteiger partial charge in [0.25, 0.3) is 0 Å². The summed E-state index contributed by atoms with van der Waals surface area (Å²) in [5, 5.41) is 45.6. The molecule has 5 nitrogen and oxygen atoms in total. The topological polar surface area (TPSA) is 84.2 Å². The van der Waals surface area contributed by atoms with Gasteiger partial charge in [0.15, 0.2) is 0 Å². The van der Waals surface area contributed by atoms with Crippen molar-refractivity contribution in [2.45, 2.75) is 75.1 Å². The van der Waals surface area contributed by atoms with E-state index in [-0.39, 0.29) is 23.4 Å². The molecule has 2 spiro atoms. The van der Waals surface area contributed by atoms with Gasteiger partial charge in [-0.1, -0.05) is 19.1 Å². The normalized spacial score (nSPS) is 76.5. The molecule has 0 aromatic carbocycles. The van der Waals surface area contributed by atoms with E-state index < -0.39 is 34.9 Å². The van der Waals surface area contributed by atoms with E-state index in [1.54, 1.807) is 0 Å². The van der Waals surface area contributed by atoms with Crippen LogP contribution in [0.15, 0.2) is 12.2 Å². The zero-order chi connectivity index (χ0) is 17.3. The SMILES string of the molecule is C=C1CC23CC4C5C67[C@H](O)C(O)C[C@@]5(C)[C@H](O)N4[C@H]6[C@@H]2CC1C[C@]37O. The largest absolute Gasteiger partial charge is 0.390 e. The Balaban J connectivity index is 1.58. The third-order valence-electron chi connectivity index (χ3n) is 10.6. The van der Waals surface area contributed by atoms with E-state index in [1.807, 2.05) is 0 Å². The van der Waals surface area contributed by atoms with Crippen LogP contribution in [0.4, 0.5) is 0 Å². The minimum absolute atomic E-state index is 0.00683. The molecule has 4 N–H and O–H groups in total. The first-order valence-electron chi connectivity index (χ1n) is 9.96. The lowest BCUT2D eigenvalue weighted by Crippen LogP contribution is -2.76. The standard InChI is InChI=1S/C20H27NO4/c1-8-4-18-6-11-13-17(2)7-12(22)15(23)20(13)14(21(11)16(17)24)10(18)3-9(8)5-19(18,20)25/h9-16,22-25H,1,3-7H2,2H3/t9?,10-,11?,12?,13?,14-,15+,16-,17+,18?,19-,20?/m0/s1. The first kappa shape index (κ1) is 14.6. The second kappa shape index (κ2) is 3.49. The third-order valence-corrected chi connectivity index (χ3v) is 10.6. The summed E-state index contributed by atoms with van der Waals surface area (Å²) in [6.45, 7) is 6.39. The molecule has 0 radical (unpaired) electrons. The number of rotatable bonds is 0. The number of piperidine rings is 2. The van der Waals surface area contributed by atoms with Crippen LogP contribution in [0, 0.1) is 34.0 Å². The second-order valence-corrected chi connectivity index (χ2v) is 10.8. The average molecular weight is 345 g/mol. The van der Waals surface area contributed by atoms with E-state index >= 15 is 0 Å². The minimum Gasteiger partial charge on any atom is -0.390 e. The Labute approximate surface area is 147 Å². The summed E-state index contributed by atoms with van der Waals surface area (Å²) in [4.78, 5) is 2.27. The maximum Gasteiger partial charge on any atom is 0.113 e. The maximum atomic E-state index is 12.3. The molecule has 0 aromatic rings. The molecule has 6 aliphatic carbocycles. The maximum absolute atomic E-state index is 12.3. The number of hydrogen-bond donors (Lipinski definition) is 4. The van der Waals surface area contributed by atoms with Crippen LogP contribution in [0.2, 0.25) is 0 Å². The van der Waals surface area contributed by atoms with Crippen LogP contribution in [0.25, 0.3) is 0 Å². The average Bonchev–Trinajstić information content (AvgIpc) is 2.90. The molecule has 7 unspecified atom stereocenters. The van der Waals surface area contributed by atoms with Crippen LogP contribution in [0.1, 0.15) is 39.0 Å². The molecule has 3 aliphatic heterocycles. The summed E-state index contributed by atoms with van der Waals surface area (Å²) in [6, 6.07) is 0.235. The Morgan fingerprint density at radius 2 is 1.92 bits per heavy atom. The lowest BCUT2D eigenvalue weighted by Gasteiger charge is -2.68. The van der Waals surface area contributed by atoms with Gasteiger partial charge in [0.1, 0.15) is 6.23 Å². The van der Waals surface area contributed by atoms with Crippen LogP contribution in [0.3, 0.4) is 0 Å². The minimum atomic E-state index is -0.933. The van der Waals surface area contributed by atoms with Gasteiger partial charge in [-0.25, -0.2) is 0 Å². The van der Waals surface area contributed by atoms with Crippen LogP contribution in [-0.4, -0.2) is 61.4 Å². The molecule has 9 bridgehead atoms. The van der Waals surface area contributed by atoms with Gasteiger partial charge in [0.05, 0.1) is 17.8 Å². The van der Waals surface area contributed by atoms with Crippen molar-refractivity contribution in [3.63, 3.8) is 0 Å². The van der Waals surface area contributed by atoms with E-state index in [1.165, 1.54) is 5.57 Å². The molecule has 3 heterocycles. The predicted octanol–water partition coefficient (Wildman–Crippen LogP) is 0.226. The molecule has 0 aromatic heterocycles. The van der Waals surface area contributed by atoms with E-state index in [4.69, 9.17) is 0 Å². The fourth-order valence-corrected chi connectivity index (χ4v) is 10.4. The summed E-state index contributed by atoms with van der Waals surface area (Å²) in [5.41, 5.74) is -0.982. The van der Waals surface area contributed by atoms with Crippen LogP contribution < -0.4 is 0 Å². The molecule has 3 saturated heterocycles. The zero-order valence-corrected chi connectivity index (χ0v) is 14.6. The van der Waals surface area contributed by atoms with Crippen molar-refractivity contribution < 1.29 is 20.4 Å². The van der Waals surface area contributed by atoms with Gasteiger partial charge in [-0.2, -0.15) is 0 Å². The fraction of sp³-hybridized carbons (Fsp3) is 0.900. The first-order chi connectivity index (χ1) is 11.7. The van der Waals surface area contributed by atoms with Crippen LogP contribution in [-0.2, 0) is 0 Å². The Hall–Kier alpha value is -0.460. The summed E-state index contributed by atoms with van der Waals surface area (Å²) >= 11 is 0. The zero-order valence-electron chi connectivity index (χ0n) is 14.6. The highest BCUT2D eigenvalue weighted by Gasteiger charge is 2.95. The van der Waals surface area contributed by atoms with E-state index in [0.717, 1.165) is 19.3 Å². The van der Waals surface area contributed by atoms with Crippen molar-refractivity contribution >= 4 is 0 Å². The van der Waals surface area contributed by atoms with E-state index in [2.05, 4.69) is 18.4 Å². The first-order valence-corrected chi connectivity index (χ1v) is 9.96. The van der Waals surface area contributed by atoms with Crippen molar-refractivity contribution in [3.8, 4) is 0 Å². The molecule has 6 saturated carbocycles. The number of fused-ring (bicyclic) bond motifs is 1. The summed E-state index contributed by atoms with van der Waals surface area (Å²) in [6.07, 6.45) is 1.59. The monoisotopic (exact) mass is 345 g/mol. The molecular formula is C20H27NO4. The van der Waals surface area contributed by atoms with Crippen LogP contribution >= 0.6 is 0 Å². The van der Waals surface area contributed by atoms with Gasteiger partial charge >= 0.3 is 0 Å². The highest BCUT2D eigenvalue weighted by atomic mass is 16.3. The van der Waals surface area contributed by atoms with Crippen molar-refractivity contribution in [1.82, 2.24) is 4.90 Å². The molecule has 136 valence electrons. The third kappa shape index (κ3) is 0.981. The van der Waals surface area contributed by atoms with Crippen molar-refractivity contribution in [2.75, 3.05) is 0 Å². The predicted molar refractivity (Wildman–Crippen MR) is 88.1 cm³/mol. The Morgan fingerprint density at radius 1 is 1.16 bits per heavy atom. The Bertz CT molecular complexity index is 756. The number of hydrogen-bond acceptors (Lipinski definition) is 5. The molecular weight excluding hydrogens is 318 g/mol. The summed E-state index contributed by atoms with van der Waals surface area (Å²) in [7, 11) is 0. The lowest BCUT2D eigenvalue weighted by molar-refractivity contribution is -0.298. The molecule has 0 amide bonds. The molecule has 9 rings (SSSR count). The summed E-state index contributed by atoms with van der Waals surface area (Å²) < 4.78 is 0. The van der Waals surface area contributed by atoms with Gasteiger partial charge in [0.2, 0.25) is 0 Å². The van der Waals surface area contributed by atoms with Crippen molar-refractivity contribution in [1.29, 1.82) is 0 Å². The molecule has 13 atom stereocenters. The quantitative estimate of drug-likeness (QED) is 0.472. The lowest BCUT2D eigenvalue weighted by atomic mass is 9.38. The van der Waals surface area contributed by atoms with Gasteiger partial charge in [0, 0.05) is 28.3 Å². The number of aliphatic hydroxyl groups excluding tert-OH is 3. The molecule has 25 heavy (non-hydrogen) atoms.